The summed E-state index contributed by atoms with van der Waals surface area (Å²) in [5, 5.41) is 0.745. The molecule has 1 aromatic heterocycles. The van der Waals surface area contributed by atoms with Crippen LogP contribution in [0.2, 0.25) is 5.02 Å². The largest absolute Gasteiger partial charge is 0.330 e. The van der Waals surface area contributed by atoms with Crippen LogP contribution in [0.1, 0.15) is 5.56 Å². The van der Waals surface area contributed by atoms with Gasteiger partial charge in [0, 0.05) is 12.1 Å². The van der Waals surface area contributed by atoms with E-state index in [1.807, 2.05) is 30.7 Å². The zero-order valence-electron chi connectivity index (χ0n) is 7.39. The molecule has 0 saturated carbocycles. The number of imidazole rings is 1. The number of aromatic amines is 1. The lowest BCUT2D eigenvalue weighted by atomic mass is 10.2. The van der Waals surface area contributed by atoms with Gasteiger partial charge in [-0.25, -0.2) is 0 Å². The SMILES string of the molecule is Cc1cc(Cl)cc2c1[nH]c(=S)n2C. The van der Waals surface area contributed by atoms with Gasteiger partial charge in [-0.15, -0.1) is 0 Å². The molecule has 68 valence electrons. The Morgan fingerprint density at radius 3 is 2.85 bits per heavy atom. The second kappa shape index (κ2) is 2.86. The van der Waals surface area contributed by atoms with Gasteiger partial charge >= 0.3 is 0 Å². The van der Waals surface area contributed by atoms with E-state index in [0.29, 0.717) is 0 Å². The van der Waals surface area contributed by atoms with Crippen LogP contribution in [0.3, 0.4) is 0 Å². The van der Waals surface area contributed by atoms with Gasteiger partial charge in [-0.3, -0.25) is 0 Å². The van der Waals surface area contributed by atoms with Crippen LogP contribution < -0.4 is 0 Å². The molecule has 2 aromatic rings. The van der Waals surface area contributed by atoms with Gasteiger partial charge in [-0.2, -0.15) is 0 Å². The van der Waals surface area contributed by atoms with E-state index in [0.717, 1.165) is 26.4 Å². The van der Waals surface area contributed by atoms with E-state index in [-0.39, 0.29) is 0 Å². The van der Waals surface area contributed by atoms with E-state index in [2.05, 4.69) is 4.98 Å². The van der Waals surface area contributed by atoms with E-state index >= 15 is 0 Å². The Morgan fingerprint density at radius 2 is 2.15 bits per heavy atom. The summed E-state index contributed by atoms with van der Waals surface area (Å²) in [6, 6.07) is 3.84. The maximum absolute atomic E-state index is 5.94. The highest BCUT2D eigenvalue weighted by molar-refractivity contribution is 7.71. The summed E-state index contributed by atoms with van der Waals surface area (Å²) < 4.78 is 2.64. The number of hydrogen-bond acceptors (Lipinski definition) is 1. The van der Waals surface area contributed by atoms with Crippen LogP contribution in [0.25, 0.3) is 11.0 Å². The van der Waals surface area contributed by atoms with Crippen molar-refractivity contribution in [2.45, 2.75) is 6.92 Å². The molecule has 1 N–H and O–H groups in total. The van der Waals surface area contributed by atoms with Gasteiger partial charge in [-0.05, 0) is 36.8 Å². The van der Waals surface area contributed by atoms with Gasteiger partial charge < -0.3 is 9.55 Å². The van der Waals surface area contributed by atoms with E-state index in [1.165, 1.54) is 0 Å². The number of fused-ring (bicyclic) bond motifs is 1. The second-order valence-electron chi connectivity index (χ2n) is 3.11. The molecular formula is C9H9ClN2S. The lowest BCUT2D eigenvalue weighted by Gasteiger charge is -1.98. The van der Waals surface area contributed by atoms with Crippen LogP contribution in [0.15, 0.2) is 12.1 Å². The average Bonchev–Trinajstić information content (AvgIpc) is 2.32. The first-order chi connectivity index (χ1) is 6.09. The molecule has 0 aliphatic rings. The van der Waals surface area contributed by atoms with Crippen LogP contribution in [-0.2, 0) is 7.05 Å². The summed E-state index contributed by atoms with van der Waals surface area (Å²) in [5.74, 6) is 0. The topological polar surface area (TPSA) is 20.7 Å². The standard InChI is InChI=1S/C9H9ClN2S/c1-5-3-6(10)4-7-8(5)11-9(13)12(7)2/h3-4H,1-2H3,(H,11,13). The number of aryl methyl sites for hydroxylation is 2. The number of nitrogens with zero attached hydrogens (tertiary/aromatic N) is 1. The maximum Gasteiger partial charge on any atom is 0.177 e. The third-order valence-electron chi connectivity index (χ3n) is 2.18. The lowest BCUT2D eigenvalue weighted by Crippen LogP contribution is -1.86. The maximum atomic E-state index is 5.94. The number of halogens is 1. The number of hydrogen-bond donors (Lipinski definition) is 1. The van der Waals surface area contributed by atoms with Crippen LogP contribution in [0.4, 0.5) is 0 Å². The average molecular weight is 213 g/mol. The number of benzene rings is 1. The molecule has 0 bridgehead atoms. The van der Waals surface area contributed by atoms with Gasteiger partial charge in [0.1, 0.15) is 0 Å². The highest BCUT2D eigenvalue weighted by Crippen LogP contribution is 2.22. The van der Waals surface area contributed by atoms with E-state index in [1.54, 1.807) is 0 Å². The zero-order chi connectivity index (χ0) is 9.59. The number of nitrogens with one attached hydrogen (secondary N) is 1. The molecule has 0 saturated heterocycles. The minimum absolute atomic E-state index is 0.723. The smallest absolute Gasteiger partial charge is 0.177 e. The Kier molecular flexibility index (Phi) is 1.93. The Balaban J connectivity index is 3.03. The fraction of sp³-hybridized carbons (Fsp3) is 0.222. The summed E-state index contributed by atoms with van der Waals surface area (Å²) in [6.07, 6.45) is 0. The minimum atomic E-state index is 0.723. The quantitative estimate of drug-likeness (QED) is 0.666. The Hall–Kier alpha value is -0.800. The molecule has 13 heavy (non-hydrogen) atoms. The zero-order valence-corrected chi connectivity index (χ0v) is 8.96. The normalized spacial score (nSPS) is 11.0. The molecule has 2 rings (SSSR count). The molecule has 0 spiro atoms. The van der Waals surface area contributed by atoms with Gasteiger partial charge in [0.15, 0.2) is 4.77 Å². The van der Waals surface area contributed by atoms with Crippen LogP contribution in [0.5, 0.6) is 0 Å². The molecule has 1 heterocycles. The van der Waals surface area contributed by atoms with E-state index in [9.17, 15) is 0 Å². The van der Waals surface area contributed by atoms with Crippen molar-refractivity contribution in [3.05, 3.63) is 27.5 Å². The fourth-order valence-electron chi connectivity index (χ4n) is 1.45. The third-order valence-corrected chi connectivity index (χ3v) is 2.77. The summed E-state index contributed by atoms with van der Waals surface area (Å²) in [6.45, 7) is 2.01. The van der Waals surface area contributed by atoms with Crippen molar-refractivity contribution in [1.29, 1.82) is 0 Å². The number of rotatable bonds is 0. The van der Waals surface area contributed by atoms with Crippen LogP contribution >= 0.6 is 23.8 Å². The van der Waals surface area contributed by atoms with Crippen molar-refractivity contribution in [3.63, 3.8) is 0 Å². The molecular weight excluding hydrogens is 204 g/mol. The van der Waals surface area contributed by atoms with Gasteiger partial charge in [0.25, 0.3) is 0 Å². The summed E-state index contributed by atoms with van der Waals surface area (Å²) >= 11 is 11.1. The molecule has 1 aromatic carbocycles. The third kappa shape index (κ3) is 1.28. The summed E-state index contributed by atoms with van der Waals surface area (Å²) in [5.41, 5.74) is 3.24. The molecule has 0 aliphatic heterocycles. The number of H-pyrrole nitrogens is 1. The predicted octanol–water partition coefficient (Wildman–Crippen LogP) is 3.20. The van der Waals surface area contributed by atoms with Crippen molar-refractivity contribution in [2.24, 2.45) is 7.05 Å². The molecule has 0 aliphatic carbocycles. The van der Waals surface area contributed by atoms with Crippen LogP contribution in [0, 0.1) is 11.7 Å². The molecule has 0 radical (unpaired) electrons. The highest BCUT2D eigenvalue weighted by Gasteiger charge is 2.04. The van der Waals surface area contributed by atoms with Crippen molar-refractivity contribution < 1.29 is 0 Å². The molecule has 0 fully saturated rings. The molecule has 4 heteroatoms. The van der Waals surface area contributed by atoms with Gasteiger partial charge in [0.2, 0.25) is 0 Å². The Morgan fingerprint density at radius 1 is 1.46 bits per heavy atom. The van der Waals surface area contributed by atoms with E-state index in [4.69, 9.17) is 23.8 Å². The molecule has 0 atom stereocenters. The van der Waals surface area contributed by atoms with E-state index < -0.39 is 0 Å². The van der Waals surface area contributed by atoms with Crippen molar-refractivity contribution >= 4 is 34.9 Å². The number of aromatic nitrogens is 2. The first-order valence-corrected chi connectivity index (χ1v) is 4.73. The van der Waals surface area contributed by atoms with Gasteiger partial charge in [-0.1, -0.05) is 11.6 Å². The summed E-state index contributed by atoms with van der Waals surface area (Å²) in [4.78, 5) is 3.14. The lowest BCUT2D eigenvalue weighted by molar-refractivity contribution is 0.927. The first kappa shape index (κ1) is 8.78. The first-order valence-electron chi connectivity index (χ1n) is 3.94. The van der Waals surface area contributed by atoms with Gasteiger partial charge in [0.05, 0.1) is 11.0 Å². The van der Waals surface area contributed by atoms with Crippen molar-refractivity contribution in [1.82, 2.24) is 9.55 Å². The second-order valence-corrected chi connectivity index (χ2v) is 3.93. The van der Waals surface area contributed by atoms with Crippen molar-refractivity contribution in [2.75, 3.05) is 0 Å². The highest BCUT2D eigenvalue weighted by atomic mass is 35.5. The fourth-order valence-corrected chi connectivity index (χ4v) is 1.92. The summed E-state index contributed by atoms with van der Waals surface area (Å²) in [7, 11) is 1.93. The molecule has 0 amide bonds. The molecule has 2 nitrogen and oxygen atoms in total. The Bertz CT molecular complexity index is 524. The predicted molar refractivity (Wildman–Crippen MR) is 57.9 cm³/mol. The van der Waals surface area contributed by atoms with Crippen molar-refractivity contribution in [3.8, 4) is 0 Å². The van der Waals surface area contributed by atoms with Crippen LogP contribution in [-0.4, -0.2) is 9.55 Å². The Labute approximate surface area is 86.1 Å². The minimum Gasteiger partial charge on any atom is -0.330 e. The molecule has 0 unspecified atom stereocenters. The monoisotopic (exact) mass is 212 g/mol.